The molecule has 0 heterocycles. The molecule has 0 saturated heterocycles. The summed E-state index contributed by atoms with van der Waals surface area (Å²) < 4.78 is 2.03. The molecule has 2 N–H and O–H groups in total. The van der Waals surface area contributed by atoms with Gasteiger partial charge < -0.3 is 10.4 Å². The van der Waals surface area contributed by atoms with E-state index in [1.165, 1.54) is 0 Å². The Bertz CT molecular complexity index is 351. The lowest BCUT2D eigenvalue weighted by Gasteiger charge is -2.26. The number of benzene rings is 1. The highest BCUT2D eigenvalue weighted by atomic mass is 79.9. The van der Waals surface area contributed by atoms with E-state index in [2.05, 4.69) is 37.2 Å². The van der Waals surface area contributed by atoms with Crippen LogP contribution in [0.3, 0.4) is 0 Å². The Hall–Kier alpha value is -0.0600. The van der Waals surface area contributed by atoms with Gasteiger partial charge in [-0.05, 0) is 47.0 Å². The molecule has 1 aromatic carbocycles. The Morgan fingerprint density at radius 1 is 1.25 bits per heavy atom. The average Bonchev–Trinajstić information content (AvgIpc) is 2.30. The van der Waals surface area contributed by atoms with Crippen molar-refractivity contribution in [1.29, 1.82) is 0 Å². The third-order valence-electron chi connectivity index (χ3n) is 2.85. The fourth-order valence-corrected chi connectivity index (χ4v) is 2.14. The Labute approximate surface area is 114 Å². The minimum absolute atomic E-state index is 0.565. The fourth-order valence-electron chi connectivity index (χ4n) is 1.39. The largest absolute Gasteiger partial charge is 0.388 e. The minimum Gasteiger partial charge on any atom is -0.388 e. The molecule has 4 heteroatoms. The second-order valence-electron chi connectivity index (χ2n) is 3.91. The van der Waals surface area contributed by atoms with Crippen molar-refractivity contribution in [3.63, 3.8) is 0 Å². The second-order valence-corrected chi connectivity index (χ2v) is 5.68. The first kappa shape index (κ1) is 14.0. The number of aliphatic hydroxyl groups is 1. The van der Waals surface area contributed by atoms with Crippen LogP contribution >= 0.6 is 31.9 Å². The lowest BCUT2D eigenvalue weighted by molar-refractivity contribution is 0.0457. The van der Waals surface area contributed by atoms with Crippen LogP contribution in [0.5, 0.6) is 0 Å². The topological polar surface area (TPSA) is 32.3 Å². The van der Waals surface area contributed by atoms with Gasteiger partial charge in [0.05, 0.1) is 5.60 Å². The SMILES string of the molecule is CCC(O)(CC)CNc1cc(Br)ccc1Br. The zero-order valence-electron chi connectivity index (χ0n) is 9.56. The summed E-state index contributed by atoms with van der Waals surface area (Å²) in [6.45, 7) is 4.57. The van der Waals surface area contributed by atoms with Gasteiger partial charge in [-0.1, -0.05) is 29.8 Å². The lowest BCUT2D eigenvalue weighted by Crippen LogP contribution is -2.35. The molecule has 16 heavy (non-hydrogen) atoms. The lowest BCUT2D eigenvalue weighted by atomic mass is 9.97. The Balaban J connectivity index is 2.70. The molecule has 0 amide bonds. The van der Waals surface area contributed by atoms with Gasteiger partial charge in [-0.2, -0.15) is 0 Å². The van der Waals surface area contributed by atoms with Gasteiger partial charge in [0.2, 0.25) is 0 Å². The molecule has 1 rings (SSSR count). The molecular weight excluding hydrogens is 334 g/mol. The third kappa shape index (κ3) is 3.75. The van der Waals surface area contributed by atoms with Crippen molar-refractivity contribution in [3.8, 4) is 0 Å². The van der Waals surface area contributed by atoms with Gasteiger partial charge in [0.25, 0.3) is 0 Å². The third-order valence-corrected chi connectivity index (χ3v) is 4.04. The highest BCUT2D eigenvalue weighted by Gasteiger charge is 2.21. The smallest absolute Gasteiger partial charge is 0.0814 e. The molecule has 90 valence electrons. The normalized spacial score (nSPS) is 11.6. The molecule has 0 aromatic heterocycles. The van der Waals surface area contributed by atoms with Crippen molar-refractivity contribution in [1.82, 2.24) is 0 Å². The molecule has 0 saturated carbocycles. The molecule has 0 spiro atoms. The van der Waals surface area contributed by atoms with Crippen LogP contribution in [-0.2, 0) is 0 Å². The second kappa shape index (κ2) is 6.03. The number of hydrogen-bond donors (Lipinski definition) is 2. The maximum Gasteiger partial charge on any atom is 0.0814 e. The first-order valence-corrected chi connectivity index (χ1v) is 7.00. The van der Waals surface area contributed by atoms with Crippen LogP contribution in [0.1, 0.15) is 26.7 Å². The van der Waals surface area contributed by atoms with E-state index in [0.717, 1.165) is 27.5 Å². The van der Waals surface area contributed by atoms with Crippen LogP contribution < -0.4 is 5.32 Å². The van der Waals surface area contributed by atoms with E-state index in [1.54, 1.807) is 0 Å². The van der Waals surface area contributed by atoms with Crippen LogP contribution in [0, 0.1) is 0 Å². The van der Waals surface area contributed by atoms with E-state index in [1.807, 2.05) is 32.0 Å². The highest BCUT2D eigenvalue weighted by molar-refractivity contribution is 9.11. The first-order chi connectivity index (χ1) is 7.50. The molecule has 0 radical (unpaired) electrons. The van der Waals surface area contributed by atoms with Crippen molar-refractivity contribution in [2.24, 2.45) is 0 Å². The van der Waals surface area contributed by atoms with Gasteiger partial charge >= 0.3 is 0 Å². The number of anilines is 1. The number of halogens is 2. The Morgan fingerprint density at radius 2 is 1.88 bits per heavy atom. The maximum atomic E-state index is 10.2. The van der Waals surface area contributed by atoms with Crippen LogP contribution in [0.4, 0.5) is 5.69 Å². The summed E-state index contributed by atoms with van der Waals surface area (Å²) in [5.74, 6) is 0. The standard InChI is InChI=1S/C12H17Br2NO/c1-3-12(16,4-2)8-15-11-7-9(13)5-6-10(11)14/h5-7,15-16H,3-4,8H2,1-2H3. The molecule has 0 unspecified atom stereocenters. The number of hydrogen-bond acceptors (Lipinski definition) is 2. The molecule has 0 bridgehead atoms. The van der Waals surface area contributed by atoms with Crippen LogP contribution in [0.25, 0.3) is 0 Å². The van der Waals surface area contributed by atoms with Crippen LogP contribution in [-0.4, -0.2) is 17.3 Å². The van der Waals surface area contributed by atoms with E-state index < -0.39 is 5.60 Å². The van der Waals surface area contributed by atoms with Crippen molar-refractivity contribution in [3.05, 3.63) is 27.1 Å². The molecular formula is C12H17Br2NO. The summed E-state index contributed by atoms with van der Waals surface area (Å²) in [4.78, 5) is 0. The summed E-state index contributed by atoms with van der Waals surface area (Å²) >= 11 is 6.90. The van der Waals surface area contributed by atoms with Crippen molar-refractivity contribution >= 4 is 37.5 Å². The van der Waals surface area contributed by atoms with Crippen LogP contribution in [0.15, 0.2) is 27.1 Å². The predicted molar refractivity (Wildman–Crippen MR) is 75.9 cm³/mol. The molecule has 0 aliphatic rings. The summed E-state index contributed by atoms with van der Waals surface area (Å²) in [5.41, 5.74) is 0.372. The van der Waals surface area contributed by atoms with Crippen molar-refractivity contribution in [2.45, 2.75) is 32.3 Å². The van der Waals surface area contributed by atoms with E-state index in [-0.39, 0.29) is 0 Å². The molecule has 2 nitrogen and oxygen atoms in total. The number of nitrogens with one attached hydrogen (secondary N) is 1. The predicted octanol–water partition coefficient (Wildman–Crippen LogP) is 4.17. The molecule has 0 atom stereocenters. The Kier molecular flexibility index (Phi) is 5.28. The van der Waals surface area contributed by atoms with E-state index >= 15 is 0 Å². The quantitative estimate of drug-likeness (QED) is 0.835. The zero-order chi connectivity index (χ0) is 12.2. The Morgan fingerprint density at radius 3 is 2.44 bits per heavy atom. The van der Waals surface area contributed by atoms with Crippen LogP contribution in [0.2, 0.25) is 0 Å². The molecule has 0 aliphatic heterocycles. The summed E-state index contributed by atoms with van der Waals surface area (Å²) in [7, 11) is 0. The molecule has 0 fully saturated rings. The minimum atomic E-state index is -0.623. The highest BCUT2D eigenvalue weighted by Crippen LogP contribution is 2.27. The monoisotopic (exact) mass is 349 g/mol. The maximum absolute atomic E-state index is 10.2. The number of rotatable bonds is 5. The average molecular weight is 351 g/mol. The fraction of sp³-hybridized carbons (Fsp3) is 0.500. The first-order valence-electron chi connectivity index (χ1n) is 5.42. The molecule has 1 aromatic rings. The van der Waals surface area contributed by atoms with Gasteiger partial charge in [-0.25, -0.2) is 0 Å². The van der Waals surface area contributed by atoms with Gasteiger partial charge in [0.1, 0.15) is 0 Å². The van der Waals surface area contributed by atoms with Gasteiger partial charge in [0, 0.05) is 21.2 Å². The van der Waals surface area contributed by atoms with Crippen molar-refractivity contribution in [2.75, 3.05) is 11.9 Å². The van der Waals surface area contributed by atoms with Gasteiger partial charge in [0.15, 0.2) is 0 Å². The summed E-state index contributed by atoms with van der Waals surface area (Å²) in [6, 6.07) is 5.94. The van der Waals surface area contributed by atoms with Gasteiger partial charge in [-0.15, -0.1) is 0 Å². The summed E-state index contributed by atoms with van der Waals surface area (Å²) in [6.07, 6.45) is 1.50. The summed E-state index contributed by atoms with van der Waals surface area (Å²) in [5, 5.41) is 13.4. The molecule has 0 aliphatic carbocycles. The van der Waals surface area contributed by atoms with E-state index in [9.17, 15) is 5.11 Å². The van der Waals surface area contributed by atoms with Gasteiger partial charge in [-0.3, -0.25) is 0 Å². The zero-order valence-corrected chi connectivity index (χ0v) is 12.7. The van der Waals surface area contributed by atoms with E-state index in [4.69, 9.17) is 0 Å². The van der Waals surface area contributed by atoms with E-state index in [0.29, 0.717) is 6.54 Å². The van der Waals surface area contributed by atoms with Crippen molar-refractivity contribution < 1.29 is 5.11 Å².